The Bertz CT molecular complexity index is 1160. The van der Waals surface area contributed by atoms with Crippen LogP contribution >= 0.6 is 0 Å². The van der Waals surface area contributed by atoms with Gasteiger partial charge >= 0.3 is 0 Å². The predicted molar refractivity (Wildman–Crippen MR) is 95.2 cm³/mol. The maximum absolute atomic E-state index is 12.9. The van der Waals surface area contributed by atoms with Crippen molar-refractivity contribution in [2.45, 2.75) is 13.1 Å². The van der Waals surface area contributed by atoms with E-state index >= 15 is 0 Å². The average Bonchev–Trinajstić information content (AvgIpc) is 3.15. The second kappa shape index (κ2) is 6.44. The van der Waals surface area contributed by atoms with Crippen molar-refractivity contribution in [1.29, 1.82) is 0 Å². The van der Waals surface area contributed by atoms with Gasteiger partial charge in [0, 0.05) is 18.9 Å². The normalized spacial score (nSPS) is 11.1. The first-order valence-electron chi connectivity index (χ1n) is 8.09. The van der Waals surface area contributed by atoms with E-state index in [0.29, 0.717) is 11.2 Å². The van der Waals surface area contributed by atoms with Gasteiger partial charge in [-0.05, 0) is 42.0 Å². The van der Waals surface area contributed by atoms with Crippen LogP contribution in [0, 0.1) is 5.82 Å². The highest BCUT2D eigenvalue weighted by Gasteiger charge is 2.13. The zero-order valence-electron chi connectivity index (χ0n) is 13.7. The highest BCUT2D eigenvalue weighted by atomic mass is 19.1. The Morgan fingerprint density at radius 1 is 1.08 bits per heavy atom. The van der Waals surface area contributed by atoms with Crippen LogP contribution in [0.2, 0.25) is 0 Å². The van der Waals surface area contributed by atoms with Gasteiger partial charge in [-0.1, -0.05) is 12.1 Å². The van der Waals surface area contributed by atoms with E-state index in [-0.39, 0.29) is 30.4 Å². The lowest BCUT2D eigenvalue weighted by atomic mass is 10.2. The lowest BCUT2D eigenvalue weighted by Crippen LogP contribution is -2.33. The molecule has 0 aliphatic heterocycles. The maximum Gasteiger partial charge on any atom is 0.276 e. The number of aromatic nitrogens is 3. The number of carbonyl (C=O) groups excluding carboxylic acids is 1. The van der Waals surface area contributed by atoms with Gasteiger partial charge in [0.15, 0.2) is 5.65 Å². The summed E-state index contributed by atoms with van der Waals surface area (Å²) in [4.78, 5) is 29.3. The van der Waals surface area contributed by atoms with Crippen LogP contribution in [0.3, 0.4) is 0 Å². The van der Waals surface area contributed by atoms with Gasteiger partial charge in [0.25, 0.3) is 5.56 Å². The summed E-state index contributed by atoms with van der Waals surface area (Å²) in [5, 5.41) is 2.75. The van der Waals surface area contributed by atoms with E-state index in [9.17, 15) is 14.0 Å². The topological polar surface area (TPSA) is 68.4 Å². The minimum Gasteiger partial charge on any atom is -0.350 e. The van der Waals surface area contributed by atoms with Crippen LogP contribution in [0.5, 0.6) is 0 Å². The molecule has 0 fully saturated rings. The number of amides is 1. The van der Waals surface area contributed by atoms with Gasteiger partial charge in [-0.3, -0.25) is 14.2 Å². The SMILES string of the molecule is O=C(Cn1c(=O)c2cccn2c2cccnc21)NCc1ccc(F)cc1. The molecule has 3 heterocycles. The van der Waals surface area contributed by atoms with Gasteiger partial charge < -0.3 is 9.72 Å². The molecule has 0 aliphatic rings. The quantitative estimate of drug-likeness (QED) is 0.613. The Balaban J connectivity index is 1.63. The number of fused-ring (bicyclic) bond motifs is 3. The van der Waals surface area contributed by atoms with Crippen LogP contribution < -0.4 is 10.9 Å². The summed E-state index contributed by atoms with van der Waals surface area (Å²) in [6.07, 6.45) is 3.38. The minimum absolute atomic E-state index is 0.144. The third kappa shape index (κ3) is 2.83. The van der Waals surface area contributed by atoms with Crippen LogP contribution in [-0.2, 0) is 17.9 Å². The van der Waals surface area contributed by atoms with Gasteiger partial charge in [-0.25, -0.2) is 9.37 Å². The van der Waals surface area contributed by atoms with Crippen LogP contribution in [-0.4, -0.2) is 19.9 Å². The summed E-state index contributed by atoms with van der Waals surface area (Å²) < 4.78 is 16.1. The third-order valence-electron chi connectivity index (χ3n) is 4.20. The highest BCUT2D eigenvalue weighted by Crippen LogP contribution is 2.12. The molecule has 3 aromatic heterocycles. The lowest BCUT2D eigenvalue weighted by Gasteiger charge is -2.12. The molecule has 7 heteroatoms. The Labute approximate surface area is 147 Å². The van der Waals surface area contributed by atoms with Crippen molar-refractivity contribution in [3.05, 3.63) is 82.7 Å². The molecule has 0 atom stereocenters. The van der Waals surface area contributed by atoms with Crippen molar-refractivity contribution in [2.75, 3.05) is 0 Å². The molecule has 0 bridgehead atoms. The van der Waals surface area contributed by atoms with E-state index in [1.807, 2.05) is 6.07 Å². The van der Waals surface area contributed by atoms with E-state index in [1.54, 1.807) is 47.1 Å². The zero-order chi connectivity index (χ0) is 18.1. The fourth-order valence-corrected chi connectivity index (χ4v) is 2.93. The van der Waals surface area contributed by atoms with E-state index in [2.05, 4.69) is 10.3 Å². The molecule has 1 N–H and O–H groups in total. The highest BCUT2D eigenvalue weighted by molar-refractivity contribution is 5.80. The molecule has 0 spiro atoms. The average molecular weight is 350 g/mol. The number of carbonyl (C=O) groups is 1. The molecule has 0 saturated heterocycles. The Morgan fingerprint density at radius 2 is 1.85 bits per heavy atom. The fraction of sp³-hybridized carbons (Fsp3) is 0.105. The maximum atomic E-state index is 12.9. The molecule has 1 aromatic carbocycles. The van der Waals surface area contributed by atoms with Crippen molar-refractivity contribution < 1.29 is 9.18 Å². The molecule has 130 valence electrons. The Morgan fingerprint density at radius 3 is 2.65 bits per heavy atom. The monoisotopic (exact) mass is 350 g/mol. The van der Waals surface area contributed by atoms with Crippen LogP contribution in [0.4, 0.5) is 4.39 Å². The first-order chi connectivity index (χ1) is 12.6. The Kier molecular flexibility index (Phi) is 3.96. The number of nitrogens with zero attached hydrogens (tertiary/aromatic N) is 3. The molecule has 4 aromatic rings. The van der Waals surface area contributed by atoms with E-state index in [4.69, 9.17) is 0 Å². The summed E-state index contributed by atoms with van der Waals surface area (Å²) in [5.41, 5.74) is 2.17. The Hall–Kier alpha value is -3.48. The second-order valence-electron chi connectivity index (χ2n) is 5.90. The molecule has 0 radical (unpaired) electrons. The minimum atomic E-state index is -0.329. The van der Waals surface area contributed by atoms with Crippen LogP contribution in [0.25, 0.3) is 16.7 Å². The van der Waals surface area contributed by atoms with Crippen LogP contribution in [0.1, 0.15) is 5.56 Å². The predicted octanol–water partition coefficient (Wildman–Crippen LogP) is 2.10. The lowest BCUT2D eigenvalue weighted by molar-refractivity contribution is -0.121. The number of pyridine rings is 1. The van der Waals surface area contributed by atoms with Gasteiger partial charge in [0.05, 0.1) is 5.52 Å². The van der Waals surface area contributed by atoms with Crippen molar-refractivity contribution in [3.8, 4) is 0 Å². The van der Waals surface area contributed by atoms with E-state index < -0.39 is 0 Å². The number of benzene rings is 1. The summed E-state index contributed by atoms with van der Waals surface area (Å²) in [5.74, 6) is -0.649. The number of halogens is 1. The molecular formula is C19H15FN4O2. The second-order valence-corrected chi connectivity index (χ2v) is 5.90. The van der Waals surface area contributed by atoms with Crippen molar-refractivity contribution in [1.82, 2.24) is 19.3 Å². The summed E-state index contributed by atoms with van der Waals surface area (Å²) in [6, 6.07) is 13.0. The van der Waals surface area contributed by atoms with Gasteiger partial charge in [-0.15, -0.1) is 0 Å². The van der Waals surface area contributed by atoms with E-state index in [1.165, 1.54) is 16.7 Å². The number of rotatable bonds is 4. The summed E-state index contributed by atoms with van der Waals surface area (Å²) >= 11 is 0. The number of nitrogens with one attached hydrogen (secondary N) is 1. The van der Waals surface area contributed by atoms with Gasteiger partial charge in [0.1, 0.15) is 17.9 Å². The molecule has 6 nitrogen and oxygen atoms in total. The molecule has 0 aliphatic carbocycles. The zero-order valence-corrected chi connectivity index (χ0v) is 13.7. The molecule has 1 amide bonds. The molecule has 26 heavy (non-hydrogen) atoms. The smallest absolute Gasteiger partial charge is 0.276 e. The summed E-state index contributed by atoms with van der Waals surface area (Å²) in [7, 11) is 0. The first-order valence-corrected chi connectivity index (χ1v) is 8.09. The number of hydrogen-bond acceptors (Lipinski definition) is 3. The molecule has 4 rings (SSSR count). The van der Waals surface area contributed by atoms with Crippen molar-refractivity contribution in [3.63, 3.8) is 0 Å². The third-order valence-corrected chi connectivity index (χ3v) is 4.20. The standard InChI is InChI=1S/C19H15FN4O2/c20-14-7-5-13(6-8-14)11-22-17(25)12-24-18-15(3-1-9-21-18)23-10-2-4-16(23)19(24)26/h1-10H,11-12H2,(H,22,25). The largest absolute Gasteiger partial charge is 0.350 e. The van der Waals surface area contributed by atoms with Crippen molar-refractivity contribution >= 4 is 22.6 Å². The van der Waals surface area contributed by atoms with Gasteiger partial charge in [0.2, 0.25) is 5.91 Å². The fourth-order valence-electron chi connectivity index (χ4n) is 2.93. The molecular weight excluding hydrogens is 335 g/mol. The van der Waals surface area contributed by atoms with Crippen LogP contribution in [0.15, 0.2) is 65.7 Å². The first kappa shape index (κ1) is 16.0. The molecule has 0 saturated carbocycles. The van der Waals surface area contributed by atoms with Crippen molar-refractivity contribution in [2.24, 2.45) is 0 Å². The number of hydrogen-bond donors (Lipinski definition) is 1. The summed E-state index contributed by atoms with van der Waals surface area (Å²) in [6.45, 7) is 0.113. The van der Waals surface area contributed by atoms with Gasteiger partial charge in [-0.2, -0.15) is 0 Å². The van der Waals surface area contributed by atoms with E-state index in [0.717, 1.165) is 11.1 Å². The molecule has 0 unspecified atom stereocenters.